The molecule has 6 nitrogen and oxygen atoms in total. The SMILES string of the molecule is CC(C)(O[Si](C)(C)C(C)(C)C)c1ccc(N2Cc3c(cc(C(F)F)nc3-c3ccccc3OCC(F)(F)F)C2=O)cn1. The summed E-state index contributed by atoms with van der Waals surface area (Å²) in [7, 11) is -2.14. The van der Waals surface area contributed by atoms with Crippen LogP contribution in [0.25, 0.3) is 11.3 Å². The maximum atomic E-state index is 13.8. The minimum Gasteiger partial charge on any atom is -0.483 e. The lowest BCUT2D eigenvalue weighted by Crippen LogP contribution is -2.46. The van der Waals surface area contributed by atoms with Gasteiger partial charge < -0.3 is 14.1 Å². The second kappa shape index (κ2) is 11.0. The molecular weight excluding hydrogens is 573 g/mol. The van der Waals surface area contributed by atoms with E-state index in [2.05, 4.69) is 43.8 Å². The number of para-hydroxylation sites is 1. The molecule has 0 spiro atoms. The quantitative estimate of drug-likeness (QED) is 0.190. The molecule has 12 heteroatoms. The largest absolute Gasteiger partial charge is 0.483 e. The first-order valence-corrected chi connectivity index (χ1v) is 16.3. The summed E-state index contributed by atoms with van der Waals surface area (Å²) >= 11 is 0. The number of amides is 1. The van der Waals surface area contributed by atoms with Crippen LogP contribution in [0.1, 0.15) is 68.4 Å². The first-order chi connectivity index (χ1) is 19.3. The van der Waals surface area contributed by atoms with E-state index >= 15 is 0 Å². The van der Waals surface area contributed by atoms with Crippen LogP contribution in [0.15, 0.2) is 48.7 Å². The second-order valence-corrected chi connectivity index (χ2v) is 17.0. The number of alkyl halides is 5. The molecule has 0 aliphatic carbocycles. The smallest absolute Gasteiger partial charge is 0.422 e. The van der Waals surface area contributed by atoms with E-state index in [1.165, 1.54) is 35.4 Å². The Bertz CT molecular complexity index is 1470. The lowest BCUT2D eigenvalue weighted by molar-refractivity contribution is -0.153. The van der Waals surface area contributed by atoms with E-state index in [1.807, 2.05) is 13.8 Å². The van der Waals surface area contributed by atoms with Crippen molar-refractivity contribution in [3.05, 3.63) is 71.2 Å². The maximum Gasteiger partial charge on any atom is 0.422 e. The molecule has 1 aliphatic rings. The highest BCUT2D eigenvalue weighted by molar-refractivity contribution is 6.74. The molecule has 0 unspecified atom stereocenters. The Labute approximate surface area is 243 Å². The third-order valence-electron chi connectivity index (χ3n) is 7.69. The summed E-state index contributed by atoms with van der Waals surface area (Å²) in [6, 6.07) is 10.2. The minimum absolute atomic E-state index is 0.00779. The number of carbonyl (C=O) groups excluding carboxylic acids is 1. The van der Waals surface area contributed by atoms with Gasteiger partial charge in [-0.15, -0.1) is 0 Å². The summed E-state index contributed by atoms with van der Waals surface area (Å²) in [6.07, 6.45) is -6.09. The number of carbonyl (C=O) groups is 1. The molecule has 2 aromatic heterocycles. The number of benzene rings is 1. The zero-order valence-electron chi connectivity index (χ0n) is 24.6. The number of anilines is 1. The third kappa shape index (κ3) is 6.49. The fourth-order valence-corrected chi connectivity index (χ4v) is 6.24. The molecule has 0 radical (unpaired) electrons. The summed E-state index contributed by atoms with van der Waals surface area (Å²) in [5.74, 6) is -0.729. The van der Waals surface area contributed by atoms with Gasteiger partial charge in [0.15, 0.2) is 14.9 Å². The van der Waals surface area contributed by atoms with Crippen LogP contribution in [-0.4, -0.2) is 37.0 Å². The number of rotatable bonds is 8. The van der Waals surface area contributed by atoms with Crippen molar-refractivity contribution in [2.75, 3.05) is 11.5 Å². The standard InChI is InChI=1S/C30H34F5N3O3Si/c1-28(2,3)42(6,7)41-29(4,5)24-13-12-18(15-36-24)38-16-21-20(27(38)39)14-22(26(31)32)37-25(21)19-10-8-9-11-23(19)40-17-30(33,34)35/h8-15,26H,16-17H2,1-7H3. The number of hydrogen-bond acceptors (Lipinski definition) is 5. The van der Waals surface area contributed by atoms with Crippen LogP contribution in [0, 0.1) is 0 Å². The second-order valence-electron chi connectivity index (χ2n) is 12.3. The van der Waals surface area contributed by atoms with Crippen LogP contribution in [0.4, 0.5) is 27.6 Å². The van der Waals surface area contributed by atoms with Crippen LogP contribution < -0.4 is 9.64 Å². The molecule has 0 fully saturated rings. The lowest BCUT2D eigenvalue weighted by atomic mass is 10.0. The van der Waals surface area contributed by atoms with E-state index < -0.39 is 44.7 Å². The van der Waals surface area contributed by atoms with Crippen molar-refractivity contribution in [1.82, 2.24) is 9.97 Å². The van der Waals surface area contributed by atoms with Gasteiger partial charge in [0, 0.05) is 16.7 Å². The molecule has 1 amide bonds. The van der Waals surface area contributed by atoms with Crippen LogP contribution in [0.5, 0.6) is 5.75 Å². The van der Waals surface area contributed by atoms with Gasteiger partial charge >= 0.3 is 6.18 Å². The van der Waals surface area contributed by atoms with E-state index in [-0.39, 0.29) is 34.2 Å². The number of hydrogen-bond donors (Lipinski definition) is 0. The summed E-state index contributed by atoms with van der Waals surface area (Å²) in [4.78, 5) is 23.5. The number of pyridine rings is 2. The molecule has 3 aromatic rings. The molecule has 0 bridgehead atoms. The summed E-state index contributed by atoms with van der Waals surface area (Å²) in [5, 5.41) is -0.0167. The first-order valence-electron chi connectivity index (χ1n) is 13.4. The van der Waals surface area contributed by atoms with Crippen molar-refractivity contribution in [2.24, 2.45) is 0 Å². The molecule has 0 atom stereocenters. The summed E-state index contributed by atoms with van der Waals surface area (Å²) in [5.41, 5.74) is 0.0565. The average Bonchev–Trinajstić information content (AvgIpc) is 3.22. The van der Waals surface area contributed by atoms with Gasteiger partial charge in [-0.25, -0.2) is 13.8 Å². The predicted molar refractivity (Wildman–Crippen MR) is 152 cm³/mol. The fourth-order valence-electron chi connectivity index (χ4n) is 4.55. The number of nitrogens with zero attached hydrogens (tertiary/aromatic N) is 3. The molecule has 42 heavy (non-hydrogen) atoms. The van der Waals surface area contributed by atoms with Crippen molar-refractivity contribution in [2.45, 2.75) is 77.5 Å². The summed E-state index contributed by atoms with van der Waals surface area (Å²) in [6.45, 7) is 13.0. The zero-order chi connectivity index (χ0) is 31.3. The van der Waals surface area contributed by atoms with Gasteiger partial charge in [0.25, 0.3) is 12.3 Å². The van der Waals surface area contributed by atoms with Crippen molar-refractivity contribution in [1.29, 1.82) is 0 Å². The Hall–Kier alpha value is -3.38. The highest BCUT2D eigenvalue weighted by Crippen LogP contribution is 2.42. The zero-order valence-corrected chi connectivity index (χ0v) is 25.6. The molecule has 3 heterocycles. The minimum atomic E-state index is -4.61. The Balaban J connectivity index is 1.69. The lowest BCUT2D eigenvalue weighted by Gasteiger charge is -2.42. The third-order valence-corrected chi connectivity index (χ3v) is 12.3. The number of aromatic nitrogens is 2. The van der Waals surface area contributed by atoms with Crippen molar-refractivity contribution in [3.8, 4) is 17.0 Å². The molecule has 0 N–H and O–H groups in total. The molecular formula is C30H34F5N3O3Si. The van der Waals surface area contributed by atoms with Gasteiger partial charge in [-0.3, -0.25) is 9.78 Å². The van der Waals surface area contributed by atoms with Crippen molar-refractivity contribution >= 4 is 19.9 Å². The van der Waals surface area contributed by atoms with Gasteiger partial charge in [-0.1, -0.05) is 32.9 Å². The van der Waals surface area contributed by atoms with Crippen molar-refractivity contribution in [3.63, 3.8) is 0 Å². The number of ether oxygens (including phenoxy) is 1. The van der Waals surface area contributed by atoms with Crippen LogP contribution >= 0.6 is 0 Å². The van der Waals surface area contributed by atoms with Gasteiger partial charge in [-0.05, 0) is 62.3 Å². The Morgan fingerprint density at radius 1 is 1.00 bits per heavy atom. The van der Waals surface area contributed by atoms with Gasteiger partial charge in [-0.2, -0.15) is 13.2 Å². The Morgan fingerprint density at radius 2 is 1.67 bits per heavy atom. The molecule has 1 aliphatic heterocycles. The predicted octanol–water partition coefficient (Wildman–Crippen LogP) is 8.44. The molecule has 0 saturated carbocycles. The number of fused-ring (bicyclic) bond motifs is 1. The van der Waals surface area contributed by atoms with Crippen LogP contribution in [0.3, 0.4) is 0 Å². The van der Waals surface area contributed by atoms with E-state index in [1.54, 1.807) is 12.1 Å². The van der Waals surface area contributed by atoms with Crippen molar-refractivity contribution < 1.29 is 35.9 Å². The van der Waals surface area contributed by atoms with Gasteiger partial charge in [0.1, 0.15) is 11.4 Å². The highest BCUT2D eigenvalue weighted by Gasteiger charge is 2.42. The van der Waals surface area contributed by atoms with Crippen LogP contribution in [-0.2, 0) is 16.6 Å². The summed E-state index contributed by atoms with van der Waals surface area (Å²) < 4.78 is 77.9. The molecule has 0 saturated heterocycles. The maximum absolute atomic E-state index is 13.8. The monoisotopic (exact) mass is 607 g/mol. The first kappa shape index (κ1) is 31.6. The Morgan fingerprint density at radius 3 is 2.24 bits per heavy atom. The van der Waals surface area contributed by atoms with Gasteiger partial charge in [0.05, 0.1) is 35.4 Å². The molecule has 226 valence electrons. The average molecular weight is 608 g/mol. The van der Waals surface area contributed by atoms with E-state index in [0.29, 0.717) is 16.9 Å². The van der Waals surface area contributed by atoms with E-state index in [4.69, 9.17) is 9.16 Å². The van der Waals surface area contributed by atoms with E-state index in [9.17, 15) is 26.7 Å². The molecule has 1 aromatic carbocycles. The fraction of sp³-hybridized carbons (Fsp3) is 0.433. The molecule has 4 rings (SSSR count). The van der Waals surface area contributed by atoms with Gasteiger partial charge in [0.2, 0.25) is 0 Å². The normalized spacial score (nSPS) is 14.5. The topological polar surface area (TPSA) is 64.6 Å². The number of halogens is 5. The van der Waals surface area contributed by atoms with E-state index in [0.717, 1.165) is 6.07 Å². The van der Waals surface area contributed by atoms with Crippen LogP contribution in [0.2, 0.25) is 18.1 Å². The Kier molecular flexibility index (Phi) is 8.29. The highest BCUT2D eigenvalue weighted by atomic mass is 28.4.